The van der Waals surface area contributed by atoms with Crippen molar-refractivity contribution in [2.75, 3.05) is 5.75 Å². The van der Waals surface area contributed by atoms with Crippen molar-refractivity contribution < 1.29 is 9.90 Å². The van der Waals surface area contributed by atoms with Gasteiger partial charge < -0.3 is 5.11 Å². The summed E-state index contributed by atoms with van der Waals surface area (Å²) in [6.07, 6.45) is 5.40. The van der Waals surface area contributed by atoms with Crippen LogP contribution in [0.2, 0.25) is 5.02 Å². The van der Waals surface area contributed by atoms with Gasteiger partial charge in [0.1, 0.15) is 10.6 Å². The number of aromatic nitrogens is 2. The maximum absolute atomic E-state index is 13.7. The summed E-state index contributed by atoms with van der Waals surface area (Å²) in [6.45, 7) is 0. The van der Waals surface area contributed by atoms with Crippen LogP contribution in [-0.2, 0) is 17.6 Å². The first-order valence-electron chi connectivity index (χ1n) is 11.2. The molecular formula is C25H20BrClN4O3S2. The number of amides is 1. The lowest BCUT2D eigenvalue weighted by molar-refractivity contribution is -0.118. The van der Waals surface area contributed by atoms with E-state index >= 15 is 0 Å². The Hall–Kier alpha value is -2.66. The smallest absolute Gasteiger partial charge is 0.267 e. The molecule has 1 aliphatic carbocycles. The number of thioether (sulfide) groups is 1. The molecule has 1 aliphatic rings. The van der Waals surface area contributed by atoms with Crippen molar-refractivity contribution in [2.45, 2.75) is 30.8 Å². The zero-order valence-corrected chi connectivity index (χ0v) is 22.8. The number of hydrogen-bond acceptors (Lipinski definition) is 7. The van der Waals surface area contributed by atoms with Crippen molar-refractivity contribution in [1.82, 2.24) is 15.0 Å². The summed E-state index contributed by atoms with van der Waals surface area (Å²) in [5.74, 6) is -0.319. The van der Waals surface area contributed by atoms with E-state index in [-0.39, 0.29) is 23.0 Å². The predicted octanol–water partition coefficient (Wildman–Crippen LogP) is 5.69. The van der Waals surface area contributed by atoms with Crippen LogP contribution in [-0.4, -0.2) is 32.5 Å². The van der Waals surface area contributed by atoms with Gasteiger partial charge in [-0.1, -0.05) is 39.3 Å². The quantitative estimate of drug-likeness (QED) is 0.128. The molecule has 0 radical (unpaired) electrons. The van der Waals surface area contributed by atoms with Crippen molar-refractivity contribution in [2.24, 2.45) is 5.10 Å². The van der Waals surface area contributed by atoms with Crippen molar-refractivity contribution in [3.8, 4) is 11.4 Å². The molecule has 0 aliphatic heterocycles. The molecule has 0 bridgehead atoms. The number of phenolic OH excluding ortho intramolecular Hbond substituents is 1. The second-order valence-electron chi connectivity index (χ2n) is 8.19. The van der Waals surface area contributed by atoms with E-state index < -0.39 is 0 Å². The van der Waals surface area contributed by atoms with Crippen LogP contribution in [0.1, 0.15) is 28.8 Å². The molecule has 2 heterocycles. The highest BCUT2D eigenvalue weighted by atomic mass is 79.9. The third-order valence-corrected chi connectivity index (χ3v) is 8.63. The fourth-order valence-corrected chi connectivity index (χ4v) is 6.68. The van der Waals surface area contributed by atoms with E-state index in [1.54, 1.807) is 52.3 Å². The average Bonchev–Trinajstić information content (AvgIpc) is 3.24. The maximum Gasteiger partial charge on any atom is 0.267 e. The fourth-order valence-electron chi connectivity index (χ4n) is 4.07. The van der Waals surface area contributed by atoms with Gasteiger partial charge in [0.05, 0.1) is 23.0 Å². The number of rotatable bonds is 6. The van der Waals surface area contributed by atoms with E-state index in [2.05, 4.69) is 26.5 Å². The van der Waals surface area contributed by atoms with Crippen LogP contribution < -0.4 is 11.0 Å². The highest BCUT2D eigenvalue weighted by molar-refractivity contribution is 9.10. The second-order valence-corrected chi connectivity index (χ2v) is 11.6. The Morgan fingerprint density at radius 1 is 1.25 bits per heavy atom. The van der Waals surface area contributed by atoms with E-state index in [9.17, 15) is 14.7 Å². The molecule has 0 saturated heterocycles. The summed E-state index contributed by atoms with van der Waals surface area (Å²) in [7, 11) is 0. The monoisotopic (exact) mass is 602 g/mol. The van der Waals surface area contributed by atoms with Gasteiger partial charge in [0.2, 0.25) is 0 Å². The van der Waals surface area contributed by atoms with E-state index in [4.69, 9.17) is 16.6 Å². The van der Waals surface area contributed by atoms with Crippen LogP contribution in [0, 0.1) is 0 Å². The SMILES string of the molecule is O=C(CSc1nc2sc3c(c2c(=O)n1-c1ccc(Cl)cc1)CCCC3)N/N=C/c1cc(Br)ccc1O. The Morgan fingerprint density at radius 3 is 2.83 bits per heavy atom. The van der Waals surface area contributed by atoms with E-state index in [0.717, 1.165) is 47.5 Å². The standard InChI is InChI=1S/C25H20BrClN4O3S2/c26-15-5-10-19(32)14(11-15)12-28-30-21(33)13-35-25-29-23-22(18-3-1-2-4-20(18)36-23)24(34)31(25)17-8-6-16(27)7-9-17/h5-12,32H,1-4,13H2,(H,30,33)/b28-12+. The second kappa shape index (κ2) is 10.8. The van der Waals surface area contributed by atoms with Gasteiger partial charge in [-0.25, -0.2) is 10.4 Å². The number of aromatic hydroxyl groups is 1. The molecule has 2 aromatic carbocycles. The highest BCUT2D eigenvalue weighted by Gasteiger charge is 2.23. The molecule has 0 fully saturated rings. The molecule has 0 unspecified atom stereocenters. The molecule has 2 N–H and O–H groups in total. The Labute approximate surface area is 228 Å². The predicted molar refractivity (Wildman–Crippen MR) is 149 cm³/mol. The minimum absolute atomic E-state index is 0.00156. The first-order chi connectivity index (χ1) is 17.4. The van der Waals surface area contributed by atoms with Crippen molar-refractivity contribution in [3.63, 3.8) is 0 Å². The van der Waals surface area contributed by atoms with Crippen LogP contribution in [0.3, 0.4) is 0 Å². The van der Waals surface area contributed by atoms with Gasteiger partial charge in [-0.15, -0.1) is 11.3 Å². The summed E-state index contributed by atoms with van der Waals surface area (Å²) in [5.41, 5.74) is 4.54. The topological polar surface area (TPSA) is 96.6 Å². The Balaban J connectivity index is 1.43. The van der Waals surface area contributed by atoms with Gasteiger partial charge in [0.25, 0.3) is 11.5 Å². The Bertz CT molecular complexity index is 1550. The molecule has 0 atom stereocenters. The van der Waals surface area contributed by atoms with Crippen LogP contribution >= 0.6 is 50.6 Å². The van der Waals surface area contributed by atoms with E-state index in [1.807, 2.05) is 0 Å². The maximum atomic E-state index is 13.7. The van der Waals surface area contributed by atoms with Gasteiger partial charge in [-0.3, -0.25) is 14.2 Å². The lowest BCUT2D eigenvalue weighted by Gasteiger charge is -2.13. The minimum Gasteiger partial charge on any atom is -0.507 e. The summed E-state index contributed by atoms with van der Waals surface area (Å²) < 4.78 is 2.33. The number of carbonyl (C=O) groups excluding carboxylic acids is 1. The molecule has 4 aromatic rings. The number of phenols is 1. The third kappa shape index (κ3) is 5.22. The van der Waals surface area contributed by atoms with Crippen LogP contribution in [0.25, 0.3) is 15.9 Å². The van der Waals surface area contributed by atoms with E-state index in [0.29, 0.717) is 31.6 Å². The summed E-state index contributed by atoms with van der Waals surface area (Å²) in [4.78, 5) is 33.0. The van der Waals surface area contributed by atoms with Crippen molar-refractivity contribution >= 4 is 73.0 Å². The minimum atomic E-state index is -0.367. The van der Waals surface area contributed by atoms with Crippen LogP contribution in [0.5, 0.6) is 5.75 Å². The highest BCUT2D eigenvalue weighted by Crippen LogP contribution is 2.35. The number of nitrogens with one attached hydrogen (secondary N) is 1. The molecule has 2 aromatic heterocycles. The van der Waals surface area contributed by atoms with Crippen molar-refractivity contribution in [3.05, 3.63) is 78.3 Å². The first kappa shape index (κ1) is 25.0. The summed E-state index contributed by atoms with van der Waals surface area (Å²) >= 11 is 12.1. The number of carbonyl (C=O) groups is 1. The molecule has 7 nitrogen and oxygen atoms in total. The fraction of sp³-hybridized carbons (Fsp3) is 0.200. The number of halogens is 2. The normalized spacial score (nSPS) is 13.3. The number of fused-ring (bicyclic) bond motifs is 3. The molecule has 1 amide bonds. The van der Waals surface area contributed by atoms with Gasteiger partial charge in [0.15, 0.2) is 5.16 Å². The molecular weight excluding hydrogens is 584 g/mol. The van der Waals surface area contributed by atoms with Gasteiger partial charge >= 0.3 is 0 Å². The molecule has 5 rings (SSSR count). The first-order valence-corrected chi connectivity index (χ1v) is 14.1. The van der Waals surface area contributed by atoms with E-state index in [1.165, 1.54) is 17.2 Å². The summed E-state index contributed by atoms with van der Waals surface area (Å²) in [6, 6.07) is 11.9. The lowest BCUT2D eigenvalue weighted by atomic mass is 9.97. The van der Waals surface area contributed by atoms with Crippen LogP contribution in [0.4, 0.5) is 0 Å². The number of benzene rings is 2. The molecule has 0 spiro atoms. The number of aryl methyl sites for hydroxylation is 2. The number of nitrogens with zero attached hydrogens (tertiary/aromatic N) is 3. The average molecular weight is 604 g/mol. The number of hydrogen-bond donors (Lipinski definition) is 2. The molecule has 11 heteroatoms. The van der Waals surface area contributed by atoms with Gasteiger partial charge in [-0.05, 0) is 73.7 Å². The molecule has 0 saturated carbocycles. The zero-order chi connectivity index (χ0) is 25.2. The van der Waals surface area contributed by atoms with Crippen LogP contribution in [0.15, 0.2) is 62.0 Å². The third-order valence-electron chi connectivity index (χ3n) is 5.76. The Morgan fingerprint density at radius 2 is 2.03 bits per heavy atom. The lowest BCUT2D eigenvalue weighted by Crippen LogP contribution is -2.24. The van der Waals surface area contributed by atoms with Gasteiger partial charge in [0, 0.05) is 19.9 Å². The Kier molecular flexibility index (Phi) is 7.47. The largest absolute Gasteiger partial charge is 0.507 e. The number of hydrazone groups is 1. The zero-order valence-electron chi connectivity index (χ0n) is 18.8. The molecule has 36 heavy (non-hydrogen) atoms. The molecule has 184 valence electrons. The van der Waals surface area contributed by atoms with Gasteiger partial charge in [-0.2, -0.15) is 5.10 Å². The number of thiophene rings is 1. The van der Waals surface area contributed by atoms with Crippen molar-refractivity contribution in [1.29, 1.82) is 0 Å². The summed E-state index contributed by atoms with van der Waals surface area (Å²) in [5, 5.41) is 15.5.